The first-order chi connectivity index (χ1) is 6.97. The van der Waals surface area contributed by atoms with Crippen molar-refractivity contribution in [2.24, 2.45) is 0 Å². The molecule has 0 spiro atoms. The van der Waals surface area contributed by atoms with Gasteiger partial charge in [-0.05, 0) is 0 Å². The fourth-order valence-corrected chi connectivity index (χ4v) is 1.21. The molecule has 1 aromatic carbocycles. The van der Waals surface area contributed by atoms with Gasteiger partial charge in [-0.3, -0.25) is 0 Å². The molecular formula is C14H15+. The third kappa shape index (κ3) is 2.69. The third-order valence-corrected chi connectivity index (χ3v) is 1.83. The van der Waals surface area contributed by atoms with Crippen LogP contribution in [0.5, 0.6) is 0 Å². The molecule has 70 valence electrons. The van der Waals surface area contributed by atoms with Crippen molar-refractivity contribution >= 4 is 5.57 Å². The fourth-order valence-electron chi connectivity index (χ4n) is 1.21. The van der Waals surface area contributed by atoms with Crippen LogP contribution in [0.15, 0.2) is 54.6 Å². The first-order valence-corrected chi connectivity index (χ1v) is 4.98. The van der Waals surface area contributed by atoms with E-state index < -0.39 is 0 Å². The van der Waals surface area contributed by atoms with Crippen molar-refractivity contribution in [3.8, 4) is 0 Å². The van der Waals surface area contributed by atoms with Crippen LogP contribution >= 0.6 is 0 Å². The van der Waals surface area contributed by atoms with Crippen molar-refractivity contribution in [1.82, 2.24) is 0 Å². The van der Waals surface area contributed by atoms with Crippen LogP contribution in [0, 0.1) is 6.08 Å². The molecule has 0 bridgehead atoms. The molecule has 1 aromatic rings. The van der Waals surface area contributed by atoms with Crippen molar-refractivity contribution in [2.45, 2.75) is 13.8 Å². The first kappa shape index (κ1) is 10.4. The lowest BCUT2D eigenvalue weighted by molar-refractivity contribution is 1.50. The molecule has 0 radical (unpaired) electrons. The van der Waals surface area contributed by atoms with Crippen LogP contribution in [0.25, 0.3) is 5.57 Å². The molecule has 0 aromatic heterocycles. The lowest BCUT2D eigenvalue weighted by atomic mass is 10.0. The van der Waals surface area contributed by atoms with E-state index in [1.165, 1.54) is 11.1 Å². The highest BCUT2D eigenvalue weighted by Crippen LogP contribution is 2.17. The zero-order valence-corrected chi connectivity index (χ0v) is 8.70. The molecule has 0 heteroatoms. The maximum absolute atomic E-state index is 3.00. The van der Waals surface area contributed by atoms with E-state index in [1.807, 2.05) is 44.2 Å². The highest BCUT2D eigenvalue weighted by molar-refractivity contribution is 5.76. The molecule has 0 nitrogen and oxygen atoms in total. The van der Waals surface area contributed by atoms with Crippen molar-refractivity contribution in [3.63, 3.8) is 0 Å². The van der Waals surface area contributed by atoms with Crippen LogP contribution in [0.1, 0.15) is 19.4 Å². The molecule has 0 unspecified atom stereocenters. The SMILES string of the molecule is CC.[C+]1=CC=C(c2ccccc2)C=C1. The summed E-state index contributed by atoms with van der Waals surface area (Å²) in [5, 5.41) is 0. The smallest absolute Gasteiger partial charge is 0.0683 e. The molecule has 1 aliphatic carbocycles. The van der Waals surface area contributed by atoms with Gasteiger partial charge >= 0.3 is 0 Å². The minimum absolute atomic E-state index is 1.24. The summed E-state index contributed by atoms with van der Waals surface area (Å²) in [5.74, 6) is 0. The molecule has 0 aliphatic heterocycles. The summed E-state index contributed by atoms with van der Waals surface area (Å²) >= 11 is 0. The van der Waals surface area contributed by atoms with Gasteiger partial charge in [0.05, 0.1) is 17.7 Å². The van der Waals surface area contributed by atoms with E-state index in [-0.39, 0.29) is 0 Å². The number of allylic oxidation sites excluding steroid dienone is 6. The molecular weight excluding hydrogens is 168 g/mol. The van der Waals surface area contributed by atoms with Gasteiger partial charge in [-0.25, -0.2) is 0 Å². The Morgan fingerprint density at radius 1 is 1.00 bits per heavy atom. The molecule has 0 atom stereocenters. The predicted molar refractivity (Wildman–Crippen MR) is 62.7 cm³/mol. The molecule has 0 saturated heterocycles. The Morgan fingerprint density at radius 3 is 2.29 bits per heavy atom. The van der Waals surface area contributed by atoms with Crippen LogP contribution in [0.4, 0.5) is 0 Å². The van der Waals surface area contributed by atoms with Gasteiger partial charge in [0.1, 0.15) is 12.2 Å². The Morgan fingerprint density at radius 2 is 1.71 bits per heavy atom. The van der Waals surface area contributed by atoms with E-state index in [1.54, 1.807) is 0 Å². The van der Waals surface area contributed by atoms with E-state index in [2.05, 4.69) is 30.4 Å². The van der Waals surface area contributed by atoms with E-state index >= 15 is 0 Å². The maximum atomic E-state index is 3.00. The monoisotopic (exact) mass is 183 g/mol. The summed E-state index contributed by atoms with van der Waals surface area (Å²) in [4.78, 5) is 0. The second-order valence-corrected chi connectivity index (χ2v) is 2.65. The zero-order chi connectivity index (χ0) is 10.2. The molecule has 2 rings (SSSR count). The van der Waals surface area contributed by atoms with Crippen LogP contribution in [-0.4, -0.2) is 0 Å². The Labute approximate surface area is 86.3 Å². The molecule has 1 aliphatic rings. The van der Waals surface area contributed by atoms with Crippen LogP contribution in [0.2, 0.25) is 0 Å². The van der Waals surface area contributed by atoms with E-state index in [0.29, 0.717) is 0 Å². The Bertz CT molecular complexity index is 340. The Kier molecular flexibility index (Phi) is 4.40. The van der Waals surface area contributed by atoms with E-state index in [0.717, 1.165) is 0 Å². The van der Waals surface area contributed by atoms with Crippen molar-refractivity contribution < 1.29 is 0 Å². The third-order valence-electron chi connectivity index (χ3n) is 1.83. The first-order valence-electron chi connectivity index (χ1n) is 4.98. The van der Waals surface area contributed by atoms with E-state index in [4.69, 9.17) is 0 Å². The van der Waals surface area contributed by atoms with Crippen LogP contribution < -0.4 is 0 Å². The lowest BCUT2D eigenvalue weighted by Crippen LogP contribution is -1.80. The lowest BCUT2D eigenvalue weighted by Gasteiger charge is -1.95. The average molecular weight is 183 g/mol. The molecule has 0 saturated carbocycles. The highest BCUT2D eigenvalue weighted by atomic mass is 14.0. The molecule has 14 heavy (non-hydrogen) atoms. The van der Waals surface area contributed by atoms with Gasteiger partial charge in [-0.2, -0.15) is 0 Å². The second-order valence-electron chi connectivity index (χ2n) is 2.65. The summed E-state index contributed by atoms with van der Waals surface area (Å²) < 4.78 is 0. The fraction of sp³-hybridized carbons (Fsp3) is 0.143. The van der Waals surface area contributed by atoms with Gasteiger partial charge in [0.15, 0.2) is 0 Å². The van der Waals surface area contributed by atoms with E-state index in [9.17, 15) is 0 Å². The molecule has 0 amide bonds. The summed E-state index contributed by atoms with van der Waals surface area (Å²) in [7, 11) is 0. The van der Waals surface area contributed by atoms with Gasteiger partial charge in [0.2, 0.25) is 0 Å². The summed E-state index contributed by atoms with van der Waals surface area (Å²) in [5.41, 5.74) is 2.50. The predicted octanol–water partition coefficient (Wildman–Crippen LogP) is 4.03. The van der Waals surface area contributed by atoms with Gasteiger partial charge in [0.25, 0.3) is 0 Å². The normalized spacial score (nSPS) is 12.3. The quantitative estimate of drug-likeness (QED) is 0.577. The van der Waals surface area contributed by atoms with Crippen molar-refractivity contribution in [2.75, 3.05) is 0 Å². The largest absolute Gasteiger partial charge is 0.103 e. The zero-order valence-electron chi connectivity index (χ0n) is 8.70. The van der Waals surface area contributed by atoms with Crippen LogP contribution in [-0.2, 0) is 0 Å². The highest BCUT2D eigenvalue weighted by Gasteiger charge is 2.03. The summed E-state index contributed by atoms with van der Waals surface area (Å²) in [6.45, 7) is 4.00. The number of benzene rings is 1. The van der Waals surface area contributed by atoms with Crippen molar-refractivity contribution in [1.29, 1.82) is 0 Å². The maximum Gasteiger partial charge on any atom is 0.103 e. The topological polar surface area (TPSA) is 0 Å². The summed E-state index contributed by atoms with van der Waals surface area (Å²) in [6, 6.07) is 10.3. The minimum Gasteiger partial charge on any atom is -0.0683 e. The second kappa shape index (κ2) is 5.90. The Balaban J connectivity index is 0.000000461. The summed E-state index contributed by atoms with van der Waals surface area (Å²) in [6.07, 6.45) is 11.0. The number of hydrogen-bond acceptors (Lipinski definition) is 0. The van der Waals surface area contributed by atoms with Crippen LogP contribution in [0.3, 0.4) is 0 Å². The standard InChI is InChI=1S/C12H9.C2H6/c1-3-7-11(8-4-1)12-9-5-2-6-10-12;1-2/h1,3-10H;1-2H3/q+1;. The number of hydrogen-bond donors (Lipinski definition) is 0. The molecule has 0 N–H and O–H groups in total. The van der Waals surface area contributed by atoms with Gasteiger partial charge < -0.3 is 0 Å². The van der Waals surface area contributed by atoms with Gasteiger partial charge in [-0.1, -0.05) is 44.2 Å². The van der Waals surface area contributed by atoms with Crippen molar-refractivity contribution in [3.05, 3.63) is 66.3 Å². The Hall–Kier alpha value is -1.65. The number of rotatable bonds is 1. The van der Waals surface area contributed by atoms with Gasteiger partial charge in [-0.15, -0.1) is 0 Å². The molecule has 0 fully saturated rings. The average Bonchev–Trinajstić information content (AvgIpc) is 2.34. The minimum atomic E-state index is 1.24. The van der Waals surface area contributed by atoms with Gasteiger partial charge in [0, 0.05) is 11.6 Å². The molecule has 0 heterocycles.